The third kappa shape index (κ3) is 4.79. The monoisotopic (exact) mass is 422 g/mol. The van der Waals surface area contributed by atoms with Gasteiger partial charge in [0.15, 0.2) is 0 Å². The SMILES string of the molecule is CC(C)C(=O)N1CCCC1C(=O)Nc1ccc(S(=O)(=O)N2CCN(C)CC2)cc1. The van der Waals surface area contributed by atoms with Gasteiger partial charge in [-0.1, -0.05) is 13.8 Å². The third-order valence-corrected chi connectivity index (χ3v) is 7.47. The number of sulfonamides is 1. The zero-order chi connectivity index (χ0) is 21.2. The van der Waals surface area contributed by atoms with Crippen molar-refractivity contribution in [1.29, 1.82) is 0 Å². The number of hydrogen-bond donors (Lipinski definition) is 1. The number of likely N-dealkylation sites (tertiary alicyclic amines) is 1. The van der Waals surface area contributed by atoms with Crippen LogP contribution in [0, 0.1) is 5.92 Å². The predicted molar refractivity (Wildman–Crippen MR) is 111 cm³/mol. The summed E-state index contributed by atoms with van der Waals surface area (Å²) in [5.41, 5.74) is 0.524. The lowest BCUT2D eigenvalue weighted by molar-refractivity contribution is -0.139. The number of hydrogen-bond acceptors (Lipinski definition) is 5. The van der Waals surface area contributed by atoms with Crippen LogP contribution in [0.25, 0.3) is 0 Å². The first-order valence-corrected chi connectivity index (χ1v) is 11.5. The molecule has 2 aliphatic rings. The van der Waals surface area contributed by atoms with Gasteiger partial charge in [0.05, 0.1) is 4.90 Å². The van der Waals surface area contributed by atoms with Gasteiger partial charge in [0, 0.05) is 44.3 Å². The van der Waals surface area contributed by atoms with Gasteiger partial charge in [-0.25, -0.2) is 8.42 Å². The molecule has 1 N–H and O–H groups in total. The van der Waals surface area contributed by atoms with Gasteiger partial charge in [0.25, 0.3) is 0 Å². The van der Waals surface area contributed by atoms with Crippen LogP contribution < -0.4 is 5.32 Å². The summed E-state index contributed by atoms with van der Waals surface area (Å²) in [5.74, 6) is -0.398. The Morgan fingerprint density at radius 3 is 2.24 bits per heavy atom. The molecule has 0 bridgehead atoms. The Morgan fingerprint density at radius 2 is 1.66 bits per heavy atom. The smallest absolute Gasteiger partial charge is 0.247 e. The molecule has 1 aromatic rings. The zero-order valence-corrected chi connectivity index (χ0v) is 18.1. The van der Waals surface area contributed by atoms with Crippen molar-refractivity contribution < 1.29 is 18.0 Å². The molecule has 0 spiro atoms. The molecule has 3 rings (SSSR count). The normalized spacial score (nSPS) is 21.5. The Balaban J connectivity index is 1.66. The average molecular weight is 423 g/mol. The van der Waals surface area contributed by atoms with E-state index >= 15 is 0 Å². The highest BCUT2D eigenvalue weighted by Gasteiger charge is 2.35. The van der Waals surface area contributed by atoms with Crippen molar-refractivity contribution in [2.75, 3.05) is 45.1 Å². The molecule has 9 heteroatoms. The summed E-state index contributed by atoms with van der Waals surface area (Å²) < 4.78 is 27.1. The van der Waals surface area contributed by atoms with E-state index in [1.54, 1.807) is 17.0 Å². The van der Waals surface area contributed by atoms with E-state index < -0.39 is 16.1 Å². The lowest BCUT2D eigenvalue weighted by Crippen LogP contribution is -2.47. The van der Waals surface area contributed by atoms with Gasteiger partial charge in [-0.15, -0.1) is 0 Å². The second-order valence-corrected chi connectivity index (χ2v) is 10.0. The van der Waals surface area contributed by atoms with Crippen LogP contribution in [0.1, 0.15) is 26.7 Å². The molecule has 0 aliphatic carbocycles. The molecule has 0 radical (unpaired) electrons. The molecule has 2 fully saturated rings. The number of nitrogens with zero attached hydrogens (tertiary/aromatic N) is 3. The summed E-state index contributed by atoms with van der Waals surface area (Å²) in [6, 6.07) is 5.78. The molecule has 0 aromatic heterocycles. The van der Waals surface area contributed by atoms with Crippen molar-refractivity contribution in [2.24, 2.45) is 5.92 Å². The minimum atomic E-state index is -3.53. The van der Waals surface area contributed by atoms with Crippen molar-refractivity contribution in [3.63, 3.8) is 0 Å². The topological polar surface area (TPSA) is 90.0 Å². The van der Waals surface area contributed by atoms with Crippen molar-refractivity contribution in [3.8, 4) is 0 Å². The van der Waals surface area contributed by atoms with E-state index in [0.29, 0.717) is 44.8 Å². The number of nitrogens with one attached hydrogen (secondary N) is 1. The van der Waals surface area contributed by atoms with Gasteiger partial charge in [0.2, 0.25) is 21.8 Å². The van der Waals surface area contributed by atoms with Crippen LogP contribution in [0.3, 0.4) is 0 Å². The Kier molecular flexibility index (Phi) is 6.60. The molecule has 1 unspecified atom stereocenters. The van der Waals surface area contributed by atoms with E-state index in [1.807, 2.05) is 20.9 Å². The molecule has 1 atom stereocenters. The standard InChI is InChI=1S/C20H30N4O4S/c1-15(2)20(26)24-10-4-5-18(24)19(25)21-16-6-8-17(9-7-16)29(27,28)23-13-11-22(3)12-14-23/h6-9,15,18H,4-5,10-14H2,1-3H3,(H,21,25). The van der Waals surface area contributed by atoms with Gasteiger partial charge in [-0.2, -0.15) is 4.31 Å². The summed E-state index contributed by atoms with van der Waals surface area (Å²) >= 11 is 0. The molecular weight excluding hydrogens is 392 g/mol. The molecule has 29 heavy (non-hydrogen) atoms. The van der Waals surface area contributed by atoms with Gasteiger partial charge in [-0.3, -0.25) is 9.59 Å². The maximum absolute atomic E-state index is 12.8. The number of likely N-dealkylation sites (N-methyl/N-ethyl adjacent to an activating group) is 1. The number of benzene rings is 1. The number of rotatable bonds is 5. The van der Waals surface area contributed by atoms with E-state index in [9.17, 15) is 18.0 Å². The Labute approximate surface area is 172 Å². The molecule has 2 saturated heterocycles. The molecule has 160 valence electrons. The van der Waals surface area contributed by atoms with Crippen LogP contribution in [-0.4, -0.2) is 80.2 Å². The maximum Gasteiger partial charge on any atom is 0.247 e. The fourth-order valence-electron chi connectivity index (χ4n) is 3.75. The average Bonchev–Trinajstić information content (AvgIpc) is 3.18. The van der Waals surface area contributed by atoms with Crippen LogP contribution in [0.2, 0.25) is 0 Å². The van der Waals surface area contributed by atoms with Crippen molar-refractivity contribution >= 4 is 27.5 Å². The Hall–Kier alpha value is -1.97. The quantitative estimate of drug-likeness (QED) is 0.770. The first-order valence-electron chi connectivity index (χ1n) is 10.1. The third-order valence-electron chi connectivity index (χ3n) is 5.55. The summed E-state index contributed by atoms with van der Waals surface area (Å²) in [6.07, 6.45) is 1.44. The number of carbonyl (C=O) groups is 2. The van der Waals surface area contributed by atoms with Crippen LogP contribution in [0.5, 0.6) is 0 Å². The van der Waals surface area contributed by atoms with Gasteiger partial charge >= 0.3 is 0 Å². The van der Waals surface area contributed by atoms with E-state index in [2.05, 4.69) is 10.2 Å². The van der Waals surface area contributed by atoms with Crippen LogP contribution >= 0.6 is 0 Å². The number of anilines is 1. The van der Waals surface area contributed by atoms with E-state index in [-0.39, 0.29) is 22.6 Å². The van der Waals surface area contributed by atoms with E-state index in [4.69, 9.17) is 0 Å². The number of piperazine rings is 1. The van der Waals surface area contributed by atoms with Crippen molar-refractivity contribution in [2.45, 2.75) is 37.6 Å². The first kappa shape index (κ1) is 21.7. The summed E-state index contributed by atoms with van der Waals surface area (Å²) in [5, 5.41) is 2.82. The largest absolute Gasteiger partial charge is 0.330 e. The highest BCUT2D eigenvalue weighted by atomic mass is 32.2. The highest BCUT2D eigenvalue weighted by Crippen LogP contribution is 2.23. The molecular formula is C20H30N4O4S. The van der Waals surface area contributed by atoms with Crippen LogP contribution in [0.4, 0.5) is 5.69 Å². The fourth-order valence-corrected chi connectivity index (χ4v) is 5.17. The minimum absolute atomic E-state index is 0.0173. The van der Waals surface area contributed by atoms with Crippen molar-refractivity contribution in [3.05, 3.63) is 24.3 Å². The first-order chi connectivity index (χ1) is 13.7. The van der Waals surface area contributed by atoms with Gasteiger partial charge in [0.1, 0.15) is 6.04 Å². The lowest BCUT2D eigenvalue weighted by Gasteiger charge is -2.31. The molecule has 2 aliphatic heterocycles. The second kappa shape index (κ2) is 8.81. The highest BCUT2D eigenvalue weighted by molar-refractivity contribution is 7.89. The minimum Gasteiger partial charge on any atom is -0.330 e. The number of amides is 2. The fraction of sp³-hybridized carbons (Fsp3) is 0.600. The van der Waals surface area contributed by atoms with Crippen LogP contribution in [0.15, 0.2) is 29.2 Å². The lowest BCUT2D eigenvalue weighted by atomic mass is 10.1. The summed E-state index contributed by atoms with van der Waals surface area (Å²) in [6.45, 7) is 6.61. The van der Waals surface area contributed by atoms with E-state index in [1.165, 1.54) is 16.4 Å². The summed E-state index contributed by atoms with van der Waals surface area (Å²) in [7, 11) is -1.56. The molecule has 1 aromatic carbocycles. The van der Waals surface area contributed by atoms with Gasteiger partial charge < -0.3 is 15.1 Å². The maximum atomic E-state index is 12.8. The summed E-state index contributed by atoms with van der Waals surface area (Å²) in [4.78, 5) is 28.9. The Morgan fingerprint density at radius 1 is 1.03 bits per heavy atom. The molecule has 2 heterocycles. The Bertz CT molecular complexity index is 846. The number of carbonyl (C=O) groups excluding carboxylic acids is 2. The van der Waals surface area contributed by atoms with E-state index in [0.717, 1.165) is 6.42 Å². The van der Waals surface area contributed by atoms with Crippen LogP contribution in [-0.2, 0) is 19.6 Å². The molecule has 0 saturated carbocycles. The predicted octanol–water partition coefficient (Wildman–Crippen LogP) is 1.21. The molecule has 2 amide bonds. The second-order valence-electron chi connectivity index (χ2n) is 8.07. The zero-order valence-electron chi connectivity index (χ0n) is 17.3. The van der Waals surface area contributed by atoms with Gasteiger partial charge in [-0.05, 0) is 44.2 Å². The van der Waals surface area contributed by atoms with Crippen molar-refractivity contribution in [1.82, 2.24) is 14.1 Å². The molecule has 8 nitrogen and oxygen atoms in total.